The average Bonchev–Trinajstić information content (AvgIpc) is 3.26. The highest BCUT2D eigenvalue weighted by molar-refractivity contribution is 7.80. The number of carbonyl (C=O) groups excluding carboxylic acids is 1. The van der Waals surface area contributed by atoms with Crippen LogP contribution in [0.1, 0.15) is 10.6 Å². The van der Waals surface area contributed by atoms with E-state index in [0.29, 0.717) is 58.4 Å². The molecule has 0 aliphatic carbocycles. The van der Waals surface area contributed by atoms with E-state index in [1.54, 1.807) is 30.3 Å². The van der Waals surface area contributed by atoms with Gasteiger partial charge in [-0.15, -0.1) is 0 Å². The summed E-state index contributed by atoms with van der Waals surface area (Å²) in [6, 6.07) is 13.8. The molecule has 0 atom stereocenters. The molecule has 0 bridgehead atoms. The third kappa shape index (κ3) is 5.03. The van der Waals surface area contributed by atoms with Crippen LogP contribution in [0.15, 0.2) is 52.9 Å². The fourth-order valence-corrected chi connectivity index (χ4v) is 4.23. The van der Waals surface area contributed by atoms with Crippen LogP contribution in [-0.2, 0) is 4.74 Å². The van der Waals surface area contributed by atoms with Crippen molar-refractivity contribution in [1.29, 1.82) is 0 Å². The Morgan fingerprint density at radius 1 is 0.969 bits per heavy atom. The normalized spacial score (nSPS) is 13.7. The predicted molar refractivity (Wildman–Crippen MR) is 132 cm³/mol. The van der Waals surface area contributed by atoms with Gasteiger partial charge < -0.3 is 19.4 Å². The van der Waals surface area contributed by atoms with Crippen LogP contribution in [-0.4, -0.2) is 37.3 Å². The second-order valence-corrected chi connectivity index (χ2v) is 8.51. The summed E-state index contributed by atoms with van der Waals surface area (Å²) in [4.78, 5) is 14.8. The molecule has 3 aromatic rings. The van der Waals surface area contributed by atoms with Gasteiger partial charge >= 0.3 is 0 Å². The fourth-order valence-electron chi connectivity index (χ4n) is 3.34. The molecule has 2 N–H and O–H groups in total. The Kier molecular flexibility index (Phi) is 7.23. The molecule has 2 heterocycles. The molecule has 0 radical (unpaired) electrons. The number of para-hydroxylation sites is 1. The molecule has 32 heavy (non-hydrogen) atoms. The van der Waals surface area contributed by atoms with Crippen LogP contribution in [0.3, 0.4) is 0 Å². The summed E-state index contributed by atoms with van der Waals surface area (Å²) in [6.45, 7) is 2.64. The number of thiocarbonyl (C=S) groups is 1. The maximum Gasteiger partial charge on any atom is 0.293 e. The van der Waals surface area contributed by atoms with Crippen molar-refractivity contribution in [2.75, 3.05) is 36.5 Å². The van der Waals surface area contributed by atoms with E-state index in [1.165, 1.54) is 0 Å². The van der Waals surface area contributed by atoms with Crippen LogP contribution in [0, 0.1) is 0 Å². The SMILES string of the molecule is O=C(NC(=S)Nc1cccc(Cl)c1N1CCOCC1)c1ccc(-c2cccc(Cl)c2Cl)o1. The molecule has 2 aromatic carbocycles. The lowest BCUT2D eigenvalue weighted by atomic mass is 10.2. The van der Waals surface area contributed by atoms with E-state index in [9.17, 15) is 4.79 Å². The molecule has 10 heteroatoms. The minimum atomic E-state index is -0.498. The molecule has 0 spiro atoms. The summed E-state index contributed by atoms with van der Waals surface area (Å²) in [5, 5.41) is 7.13. The largest absolute Gasteiger partial charge is 0.451 e. The first-order chi connectivity index (χ1) is 15.4. The molecule has 1 saturated heterocycles. The van der Waals surface area contributed by atoms with Crippen molar-refractivity contribution in [3.8, 4) is 11.3 Å². The predicted octanol–water partition coefficient (Wildman–Crippen LogP) is 5.87. The van der Waals surface area contributed by atoms with E-state index in [2.05, 4.69) is 15.5 Å². The first kappa shape index (κ1) is 22.9. The quantitative estimate of drug-likeness (QED) is 0.428. The molecule has 0 unspecified atom stereocenters. The topological polar surface area (TPSA) is 66.7 Å². The molecule has 0 saturated carbocycles. The first-order valence-electron chi connectivity index (χ1n) is 9.72. The van der Waals surface area contributed by atoms with Gasteiger partial charge in [-0.2, -0.15) is 0 Å². The van der Waals surface area contributed by atoms with E-state index in [0.717, 1.165) is 5.69 Å². The van der Waals surface area contributed by atoms with Crippen LogP contribution in [0.2, 0.25) is 15.1 Å². The number of nitrogens with one attached hydrogen (secondary N) is 2. The summed E-state index contributed by atoms with van der Waals surface area (Å²) in [5.74, 6) is 0.00696. The third-order valence-corrected chi connectivity index (χ3v) is 6.16. The smallest absolute Gasteiger partial charge is 0.293 e. The highest BCUT2D eigenvalue weighted by atomic mass is 35.5. The molecular formula is C22H18Cl3N3O3S. The van der Waals surface area contributed by atoms with Crippen LogP contribution in [0.5, 0.6) is 0 Å². The zero-order valence-corrected chi connectivity index (χ0v) is 19.7. The zero-order chi connectivity index (χ0) is 22.7. The number of ether oxygens (including phenoxy) is 1. The maximum absolute atomic E-state index is 12.7. The summed E-state index contributed by atoms with van der Waals surface area (Å²) in [5.41, 5.74) is 2.09. The minimum absolute atomic E-state index is 0.0830. The number of hydrogen-bond acceptors (Lipinski definition) is 5. The number of furan rings is 1. The Bertz CT molecular complexity index is 1160. The van der Waals surface area contributed by atoms with Crippen LogP contribution in [0.25, 0.3) is 11.3 Å². The van der Waals surface area contributed by atoms with Crippen LogP contribution in [0.4, 0.5) is 11.4 Å². The van der Waals surface area contributed by atoms with Crippen molar-refractivity contribution in [2.45, 2.75) is 0 Å². The standard InChI is InChI=1S/C22H18Cl3N3O3S/c23-14-4-1-3-13(19(14)25)17-7-8-18(31-17)21(29)27-22(32)26-16-6-2-5-15(24)20(16)28-9-11-30-12-10-28/h1-8H,9-12H2,(H2,26,27,29,32). The molecule has 4 rings (SSSR count). The summed E-state index contributed by atoms with van der Waals surface area (Å²) >= 11 is 24.1. The number of amides is 1. The lowest BCUT2D eigenvalue weighted by Gasteiger charge is -2.31. The van der Waals surface area contributed by atoms with Crippen molar-refractivity contribution in [3.63, 3.8) is 0 Å². The van der Waals surface area contributed by atoms with Crippen molar-refractivity contribution in [2.24, 2.45) is 0 Å². The van der Waals surface area contributed by atoms with E-state index < -0.39 is 5.91 Å². The summed E-state index contributed by atoms with van der Waals surface area (Å²) < 4.78 is 11.1. The van der Waals surface area contributed by atoms with E-state index in [1.807, 2.05) is 18.2 Å². The number of rotatable bonds is 4. The molecule has 1 amide bonds. The molecule has 1 aliphatic heterocycles. The monoisotopic (exact) mass is 509 g/mol. The van der Waals surface area contributed by atoms with Crippen molar-refractivity contribution < 1.29 is 13.9 Å². The summed E-state index contributed by atoms with van der Waals surface area (Å²) in [7, 11) is 0. The van der Waals surface area contributed by atoms with Gasteiger partial charge in [0.15, 0.2) is 10.9 Å². The maximum atomic E-state index is 12.7. The van der Waals surface area contributed by atoms with Gasteiger partial charge in [0.05, 0.1) is 39.7 Å². The molecule has 6 nitrogen and oxygen atoms in total. The van der Waals surface area contributed by atoms with E-state index in [-0.39, 0.29) is 10.9 Å². The summed E-state index contributed by atoms with van der Waals surface area (Å²) in [6.07, 6.45) is 0. The van der Waals surface area contributed by atoms with Gasteiger partial charge in [0.2, 0.25) is 0 Å². The first-order valence-corrected chi connectivity index (χ1v) is 11.3. The zero-order valence-electron chi connectivity index (χ0n) is 16.7. The number of anilines is 2. The minimum Gasteiger partial charge on any atom is -0.451 e. The van der Waals surface area contributed by atoms with Gasteiger partial charge in [-0.25, -0.2) is 0 Å². The Morgan fingerprint density at radius 3 is 2.47 bits per heavy atom. The molecule has 1 aromatic heterocycles. The van der Waals surface area contributed by atoms with Gasteiger partial charge in [-0.05, 0) is 48.6 Å². The Morgan fingerprint density at radius 2 is 1.69 bits per heavy atom. The number of morpholine rings is 1. The highest BCUT2D eigenvalue weighted by Crippen LogP contribution is 2.35. The number of benzene rings is 2. The van der Waals surface area contributed by atoms with Crippen molar-refractivity contribution in [3.05, 3.63) is 69.4 Å². The van der Waals surface area contributed by atoms with Crippen LogP contribution >= 0.6 is 47.0 Å². The second-order valence-electron chi connectivity index (χ2n) is 6.91. The van der Waals surface area contributed by atoms with Crippen molar-refractivity contribution >= 4 is 69.4 Å². The average molecular weight is 511 g/mol. The Balaban J connectivity index is 1.46. The van der Waals surface area contributed by atoms with Gasteiger partial charge in [0.25, 0.3) is 5.91 Å². The molecule has 1 fully saturated rings. The van der Waals surface area contributed by atoms with Gasteiger partial charge in [-0.3, -0.25) is 10.1 Å². The van der Waals surface area contributed by atoms with E-state index in [4.69, 9.17) is 56.2 Å². The Labute approximate surface area is 205 Å². The van der Waals surface area contributed by atoms with E-state index >= 15 is 0 Å². The fraction of sp³-hybridized carbons (Fsp3) is 0.182. The molecular weight excluding hydrogens is 493 g/mol. The number of carbonyl (C=O) groups is 1. The number of nitrogens with zero attached hydrogens (tertiary/aromatic N) is 1. The van der Waals surface area contributed by atoms with Crippen LogP contribution < -0.4 is 15.5 Å². The van der Waals surface area contributed by atoms with Gasteiger partial charge in [-0.1, -0.05) is 46.9 Å². The Hall–Kier alpha value is -2.29. The lowest BCUT2D eigenvalue weighted by molar-refractivity contribution is 0.0951. The molecule has 166 valence electrons. The highest BCUT2D eigenvalue weighted by Gasteiger charge is 2.20. The lowest BCUT2D eigenvalue weighted by Crippen LogP contribution is -2.38. The number of hydrogen-bond donors (Lipinski definition) is 2. The van der Waals surface area contributed by atoms with Gasteiger partial charge in [0.1, 0.15) is 5.76 Å². The second kappa shape index (κ2) is 10.1. The number of halogens is 3. The molecule has 1 aliphatic rings. The third-order valence-electron chi connectivity index (χ3n) is 4.84. The van der Waals surface area contributed by atoms with Crippen molar-refractivity contribution in [1.82, 2.24) is 5.32 Å². The van der Waals surface area contributed by atoms with Gasteiger partial charge in [0, 0.05) is 18.7 Å².